The molecule has 1 fully saturated rings. The van der Waals surface area contributed by atoms with Crippen LogP contribution in [0.4, 0.5) is 5.69 Å². The number of para-hydroxylation sites is 1. The number of carbonyl (C=O) groups is 1. The van der Waals surface area contributed by atoms with Crippen LogP contribution in [0.3, 0.4) is 0 Å². The molecule has 2 aliphatic heterocycles. The average Bonchev–Trinajstić information content (AvgIpc) is 3.09. The van der Waals surface area contributed by atoms with Gasteiger partial charge in [0.1, 0.15) is 5.75 Å². The van der Waals surface area contributed by atoms with E-state index in [1.807, 2.05) is 31.2 Å². The zero-order valence-electron chi connectivity index (χ0n) is 16.9. The monoisotopic (exact) mass is 448 g/mol. The summed E-state index contributed by atoms with van der Waals surface area (Å²) >= 11 is 6.29. The molecule has 0 bridgehead atoms. The Labute approximate surface area is 182 Å². The van der Waals surface area contributed by atoms with Gasteiger partial charge in [-0.3, -0.25) is 4.79 Å². The summed E-state index contributed by atoms with van der Waals surface area (Å²) in [6.45, 7) is 2.89. The van der Waals surface area contributed by atoms with Gasteiger partial charge in [0.15, 0.2) is 6.61 Å². The summed E-state index contributed by atoms with van der Waals surface area (Å²) in [5.74, 6) is 0.135. The third-order valence-electron chi connectivity index (χ3n) is 5.68. The van der Waals surface area contributed by atoms with Gasteiger partial charge in [-0.2, -0.15) is 4.31 Å². The Hall–Kier alpha value is -2.09. The lowest BCUT2D eigenvalue weighted by atomic mass is 10.1. The number of carbonyl (C=O) groups excluding carboxylic acids is 1. The van der Waals surface area contributed by atoms with Gasteiger partial charge in [0.05, 0.1) is 9.92 Å². The fraction of sp³-hybridized carbons (Fsp3) is 0.409. The first kappa shape index (κ1) is 21.2. The number of sulfonamides is 1. The van der Waals surface area contributed by atoms with Crippen LogP contribution in [0.15, 0.2) is 47.4 Å². The summed E-state index contributed by atoms with van der Waals surface area (Å²) in [4.78, 5) is 14.7. The molecule has 2 aliphatic rings. The van der Waals surface area contributed by atoms with Crippen LogP contribution in [0.1, 0.15) is 31.7 Å². The van der Waals surface area contributed by atoms with Crippen LogP contribution in [0.5, 0.6) is 5.75 Å². The number of amides is 1. The third kappa shape index (κ3) is 4.06. The van der Waals surface area contributed by atoms with Crippen LogP contribution >= 0.6 is 11.6 Å². The second-order valence-electron chi connectivity index (χ2n) is 7.79. The fourth-order valence-corrected chi connectivity index (χ4v) is 6.01. The molecule has 160 valence electrons. The van der Waals surface area contributed by atoms with Crippen molar-refractivity contribution in [1.82, 2.24) is 4.31 Å². The van der Waals surface area contributed by atoms with Crippen LogP contribution in [0, 0.1) is 0 Å². The predicted octanol–water partition coefficient (Wildman–Crippen LogP) is 3.87. The molecular formula is C22H25ClN2O4S. The molecule has 0 saturated carbocycles. The molecule has 1 saturated heterocycles. The Morgan fingerprint density at radius 1 is 1.13 bits per heavy atom. The van der Waals surface area contributed by atoms with E-state index in [-0.39, 0.29) is 28.5 Å². The predicted molar refractivity (Wildman–Crippen MR) is 117 cm³/mol. The van der Waals surface area contributed by atoms with Crippen molar-refractivity contribution in [3.63, 3.8) is 0 Å². The Balaban J connectivity index is 1.45. The molecule has 0 N–H and O–H groups in total. The van der Waals surface area contributed by atoms with Gasteiger partial charge in [-0.25, -0.2) is 8.42 Å². The van der Waals surface area contributed by atoms with Gasteiger partial charge >= 0.3 is 0 Å². The lowest BCUT2D eigenvalue weighted by Gasteiger charge is -2.26. The topological polar surface area (TPSA) is 66.9 Å². The lowest BCUT2D eigenvalue weighted by Crippen LogP contribution is -2.39. The van der Waals surface area contributed by atoms with Gasteiger partial charge in [0.25, 0.3) is 5.91 Å². The van der Waals surface area contributed by atoms with Gasteiger partial charge < -0.3 is 9.64 Å². The highest BCUT2D eigenvalue weighted by Gasteiger charge is 2.31. The first-order chi connectivity index (χ1) is 14.4. The van der Waals surface area contributed by atoms with E-state index in [2.05, 4.69) is 0 Å². The largest absolute Gasteiger partial charge is 0.482 e. The fourth-order valence-electron chi connectivity index (χ4n) is 4.17. The maximum atomic E-state index is 12.8. The van der Waals surface area contributed by atoms with Crippen LogP contribution in [-0.2, 0) is 21.2 Å². The summed E-state index contributed by atoms with van der Waals surface area (Å²) in [5, 5.41) is 0.177. The van der Waals surface area contributed by atoms with Crippen molar-refractivity contribution in [1.29, 1.82) is 0 Å². The second kappa shape index (κ2) is 8.57. The number of piperidine rings is 1. The van der Waals surface area contributed by atoms with Crippen molar-refractivity contribution in [2.45, 2.75) is 43.5 Å². The summed E-state index contributed by atoms with van der Waals surface area (Å²) in [6, 6.07) is 12.3. The third-order valence-corrected chi connectivity index (χ3v) is 7.87. The number of rotatable bonds is 5. The zero-order chi connectivity index (χ0) is 21.3. The van der Waals surface area contributed by atoms with Gasteiger partial charge in [-0.1, -0.05) is 36.2 Å². The molecule has 1 amide bonds. The van der Waals surface area contributed by atoms with Crippen LogP contribution in [-0.4, -0.2) is 44.4 Å². The Bertz CT molecular complexity index is 1050. The Morgan fingerprint density at radius 2 is 1.87 bits per heavy atom. The molecule has 0 unspecified atom stereocenters. The molecule has 1 atom stereocenters. The van der Waals surface area contributed by atoms with E-state index < -0.39 is 10.0 Å². The molecule has 8 heteroatoms. The molecule has 0 aliphatic carbocycles. The highest BCUT2D eigenvalue weighted by Crippen LogP contribution is 2.33. The van der Waals surface area contributed by atoms with Gasteiger partial charge in [-0.15, -0.1) is 0 Å². The van der Waals surface area contributed by atoms with E-state index >= 15 is 0 Å². The number of hydrogen-bond donors (Lipinski definition) is 0. The minimum atomic E-state index is -3.57. The summed E-state index contributed by atoms with van der Waals surface area (Å²) in [6.07, 6.45) is 3.60. The lowest BCUT2D eigenvalue weighted by molar-refractivity contribution is -0.120. The number of anilines is 1. The van der Waals surface area contributed by atoms with E-state index in [0.29, 0.717) is 18.8 Å². The number of ether oxygens (including phenoxy) is 1. The maximum absolute atomic E-state index is 12.8. The molecule has 2 aromatic carbocycles. The normalized spacial score (nSPS) is 19.5. The van der Waals surface area contributed by atoms with E-state index in [4.69, 9.17) is 16.3 Å². The number of hydrogen-bond acceptors (Lipinski definition) is 4. The summed E-state index contributed by atoms with van der Waals surface area (Å²) in [7, 11) is -3.57. The van der Waals surface area contributed by atoms with Crippen LogP contribution in [0.25, 0.3) is 0 Å². The quantitative estimate of drug-likeness (QED) is 0.696. The van der Waals surface area contributed by atoms with Crippen molar-refractivity contribution >= 4 is 33.2 Å². The van der Waals surface area contributed by atoms with E-state index in [1.165, 1.54) is 22.5 Å². The van der Waals surface area contributed by atoms with Crippen LogP contribution in [0.2, 0.25) is 5.02 Å². The molecule has 0 radical (unpaired) electrons. The molecule has 0 aromatic heterocycles. The Morgan fingerprint density at radius 3 is 2.60 bits per heavy atom. The molecule has 2 heterocycles. The van der Waals surface area contributed by atoms with Gasteiger partial charge in [0.2, 0.25) is 10.0 Å². The van der Waals surface area contributed by atoms with E-state index in [9.17, 15) is 13.2 Å². The van der Waals surface area contributed by atoms with Gasteiger partial charge in [-0.05, 0) is 56.0 Å². The average molecular weight is 449 g/mol. The molecule has 2 aromatic rings. The minimum absolute atomic E-state index is 0.0611. The standard InChI is InChI=1S/C22H25ClN2O4S/c1-16-13-17-7-3-4-8-20(17)25(16)22(26)15-29-21-10-9-18(14-19(21)23)30(27,28)24-11-5-2-6-12-24/h3-4,7-10,14,16H,2,5-6,11-13,15H2,1H3/t16-/m0/s1. The van der Waals surface area contributed by atoms with Crippen LogP contribution < -0.4 is 9.64 Å². The first-order valence-electron chi connectivity index (χ1n) is 10.2. The Kier molecular flexibility index (Phi) is 6.04. The molecule has 0 spiro atoms. The maximum Gasteiger partial charge on any atom is 0.265 e. The minimum Gasteiger partial charge on any atom is -0.482 e. The smallest absolute Gasteiger partial charge is 0.265 e. The van der Waals surface area contributed by atoms with Crippen molar-refractivity contribution in [2.75, 3.05) is 24.6 Å². The highest BCUT2D eigenvalue weighted by molar-refractivity contribution is 7.89. The highest BCUT2D eigenvalue weighted by atomic mass is 35.5. The van der Waals surface area contributed by atoms with Crippen molar-refractivity contribution in [2.24, 2.45) is 0 Å². The first-order valence-corrected chi connectivity index (χ1v) is 12.0. The zero-order valence-corrected chi connectivity index (χ0v) is 18.5. The van der Waals surface area contributed by atoms with Crippen molar-refractivity contribution < 1.29 is 17.9 Å². The number of benzene rings is 2. The number of nitrogens with zero attached hydrogens (tertiary/aromatic N) is 2. The van der Waals surface area contributed by atoms with Gasteiger partial charge in [0, 0.05) is 24.8 Å². The molecule has 4 rings (SSSR count). The van der Waals surface area contributed by atoms with Crippen molar-refractivity contribution in [3.8, 4) is 5.75 Å². The SMILES string of the molecule is C[C@H]1Cc2ccccc2N1C(=O)COc1ccc(S(=O)(=O)N2CCCCC2)cc1Cl. The van der Waals surface area contributed by atoms with Crippen molar-refractivity contribution in [3.05, 3.63) is 53.1 Å². The molecule has 6 nitrogen and oxygen atoms in total. The molecule has 30 heavy (non-hydrogen) atoms. The van der Waals surface area contributed by atoms with E-state index in [1.54, 1.807) is 4.90 Å². The molecular weight excluding hydrogens is 424 g/mol. The number of halogens is 1. The second-order valence-corrected chi connectivity index (χ2v) is 10.1. The number of fused-ring (bicyclic) bond motifs is 1. The summed E-state index contributed by atoms with van der Waals surface area (Å²) in [5.41, 5.74) is 2.05. The van der Waals surface area contributed by atoms with E-state index in [0.717, 1.165) is 36.9 Å². The summed E-state index contributed by atoms with van der Waals surface area (Å²) < 4.78 is 32.8.